The van der Waals surface area contributed by atoms with E-state index in [4.69, 9.17) is 5.26 Å². The summed E-state index contributed by atoms with van der Waals surface area (Å²) in [5.41, 5.74) is 2.37. The Kier molecular flexibility index (Phi) is 3.05. The van der Waals surface area contributed by atoms with Crippen LogP contribution in [-0.4, -0.2) is 9.97 Å². The molecule has 16 heavy (non-hydrogen) atoms. The quantitative estimate of drug-likeness (QED) is 0.711. The molecule has 0 unspecified atom stereocenters. The third kappa shape index (κ3) is 2.31. The van der Waals surface area contributed by atoms with Gasteiger partial charge in [0, 0.05) is 30.4 Å². The predicted molar refractivity (Wildman–Crippen MR) is 62.0 cm³/mol. The smallest absolute Gasteiger partial charge is 0.0998 e. The van der Waals surface area contributed by atoms with Crippen molar-refractivity contribution in [2.75, 3.05) is 0 Å². The minimum absolute atomic E-state index is 0.597. The zero-order chi connectivity index (χ0) is 11.2. The first-order valence-electron chi connectivity index (χ1n) is 4.82. The number of pyridine rings is 2. The molecule has 0 atom stereocenters. The van der Waals surface area contributed by atoms with Crippen molar-refractivity contribution in [2.45, 2.75) is 0 Å². The second-order valence-corrected chi connectivity index (χ2v) is 3.19. The van der Waals surface area contributed by atoms with Crippen LogP contribution in [0.2, 0.25) is 0 Å². The molecule has 0 aromatic carbocycles. The van der Waals surface area contributed by atoms with Gasteiger partial charge >= 0.3 is 0 Å². The van der Waals surface area contributed by atoms with Crippen LogP contribution in [-0.2, 0) is 0 Å². The Labute approximate surface area is 93.7 Å². The highest BCUT2D eigenvalue weighted by molar-refractivity contribution is 5.89. The summed E-state index contributed by atoms with van der Waals surface area (Å²) >= 11 is 0. The van der Waals surface area contributed by atoms with Crippen molar-refractivity contribution in [3.05, 3.63) is 60.2 Å². The fraction of sp³-hybridized carbons (Fsp3) is 0. The van der Waals surface area contributed by atoms with Gasteiger partial charge in [0.15, 0.2) is 0 Å². The van der Waals surface area contributed by atoms with Crippen molar-refractivity contribution in [3.63, 3.8) is 0 Å². The van der Waals surface area contributed by atoms with Crippen LogP contribution >= 0.6 is 0 Å². The van der Waals surface area contributed by atoms with Gasteiger partial charge in [0.2, 0.25) is 0 Å². The van der Waals surface area contributed by atoms with Gasteiger partial charge in [0.05, 0.1) is 11.6 Å². The highest BCUT2D eigenvalue weighted by Gasteiger charge is 1.99. The van der Waals surface area contributed by atoms with Crippen LogP contribution in [0, 0.1) is 11.3 Å². The van der Waals surface area contributed by atoms with Gasteiger partial charge in [-0.2, -0.15) is 5.26 Å². The molecule has 3 heteroatoms. The maximum atomic E-state index is 9.08. The van der Waals surface area contributed by atoms with Crippen LogP contribution in [0.15, 0.2) is 49.1 Å². The lowest BCUT2D eigenvalue weighted by Crippen LogP contribution is -1.83. The first kappa shape index (κ1) is 10.1. The Morgan fingerprint density at radius 1 is 1.12 bits per heavy atom. The van der Waals surface area contributed by atoms with Crippen molar-refractivity contribution in [1.29, 1.82) is 5.26 Å². The summed E-state index contributed by atoms with van der Waals surface area (Å²) in [5, 5.41) is 9.08. The van der Waals surface area contributed by atoms with Gasteiger partial charge in [0.1, 0.15) is 0 Å². The number of hydrogen-bond donors (Lipinski definition) is 0. The Balaban J connectivity index is 2.39. The summed E-state index contributed by atoms with van der Waals surface area (Å²) in [4.78, 5) is 7.92. The summed E-state index contributed by atoms with van der Waals surface area (Å²) in [6, 6.07) is 9.55. The third-order valence-electron chi connectivity index (χ3n) is 2.11. The van der Waals surface area contributed by atoms with Gasteiger partial charge in [-0.05, 0) is 29.8 Å². The van der Waals surface area contributed by atoms with E-state index in [1.165, 1.54) is 0 Å². The number of allylic oxidation sites excluding steroid dienone is 1. The number of aromatic nitrogens is 2. The molecule has 0 fully saturated rings. The summed E-state index contributed by atoms with van der Waals surface area (Å²) in [6.07, 6.45) is 8.58. The van der Waals surface area contributed by atoms with E-state index in [1.807, 2.05) is 30.3 Å². The second-order valence-electron chi connectivity index (χ2n) is 3.19. The van der Waals surface area contributed by atoms with Crippen LogP contribution < -0.4 is 0 Å². The monoisotopic (exact) mass is 207 g/mol. The molecule has 2 aromatic rings. The van der Waals surface area contributed by atoms with Crippen LogP contribution in [0.1, 0.15) is 11.1 Å². The van der Waals surface area contributed by atoms with Crippen LogP contribution in [0.3, 0.4) is 0 Å². The number of nitrogens with zero attached hydrogens (tertiary/aromatic N) is 3. The molecule has 0 spiro atoms. The third-order valence-corrected chi connectivity index (χ3v) is 2.11. The average molecular weight is 207 g/mol. The zero-order valence-electron chi connectivity index (χ0n) is 8.54. The molecule has 0 aliphatic heterocycles. The maximum Gasteiger partial charge on any atom is 0.0998 e. The van der Waals surface area contributed by atoms with Crippen molar-refractivity contribution in [3.8, 4) is 6.07 Å². The van der Waals surface area contributed by atoms with Gasteiger partial charge in [-0.25, -0.2) is 0 Å². The molecule has 0 saturated carbocycles. The van der Waals surface area contributed by atoms with E-state index < -0.39 is 0 Å². The van der Waals surface area contributed by atoms with E-state index in [0.29, 0.717) is 5.57 Å². The highest BCUT2D eigenvalue weighted by Crippen LogP contribution is 2.15. The van der Waals surface area contributed by atoms with Gasteiger partial charge in [-0.3, -0.25) is 9.97 Å². The first-order valence-corrected chi connectivity index (χ1v) is 4.82. The standard InChI is InChI=1S/C13H9N3/c14-9-13(12-2-1-5-16-10-12)8-11-3-6-15-7-4-11/h1-8,10H/b13-8+. The largest absolute Gasteiger partial charge is 0.265 e. The number of hydrogen-bond acceptors (Lipinski definition) is 3. The van der Waals surface area contributed by atoms with E-state index >= 15 is 0 Å². The van der Waals surface area contributed by atoms with E-state index in [9.17, 15) is 0 Å². The molecule has 2 heterocycles. The molecule has 0 amide bonds. The van der Waals surface area contributed by atoms with Gasteiger partial charge < -0.3 is 0 Å². The summed E-state index contributed by atoms with van der Waals surface area (Å²) in [6.45, 7) is 0. The Hall–Kier alpha value is -2.47. The van der Waals surface area contributed by atoms with Gasteiger partial charge in [0.25, 0.3) is 0 Å². The minimum Gasteiger partial charge on any atom is -0.265 e. The second kappa shape index (κ2) is 4.85. The molecule has 3 nitrogen and oxygen atoms in total. The van der Waals surface area contributed by atoms with E-state index in [2.05, 4.69) is 16.0 Å². The predicted octanol–water partition coefficient (Wildman–Crippen LogP) is 2.54. The van der Waals surface area contributed by atoms with Crippen LogP contribution in [0.5, 0.6) is 0 Å². The lowest BCUT2D eigenvalue weighted by molar-refractivity contribution is 1.31. The van der Waals surface area contributed by atoms with Crippen molar-refractivity contribution >= 4 is 11.6 Å². The summed E-state index contributed by atoms with van der Waals surface area (Å²) in [7, 11) is 0. The molecule has 0 N–H and O–H groups in total. The Bertz CT molecular complexity index is 524. The fourth-order valence-corrected chi connectivity index (χ4v) is 1.33. The van der Waals surface area contributed by atoms with E-state index in [-0.39, 0.29) is 0 Å². The number of nitriles is 1. The average Bonchev–Trinajstić information content (AvgIpc) is 2.38. The molecule has 76 valence electrons. The van der Waals surface area contributed by atoms with Crippen molar-refractivity contribution in [2.24, 2.45) is 0 Å². The normalized spacial score (nSPS) is 10.8. The molecule has 2 aromatic heterocycles. The Morgan fingerprint density at radius 2 is 1.94 bits per heavy atom. The molecular formula is C13H9N3. The van der Waals surface area contributed by atoms with E-state index in [0.717, 1.165) is 11.1 Å². The molecule has 0 aliphatic carbocycles. The molecule has 0 saturated heterocycles. The van der Waals surface area contributed by atoms with Crippen LogP contribution in [0.25, 0.3) is 11.6 Å². The lowest BCUT2D eigenvalue weighted by Gasteiger charge is -1.97. The summed E-state index contributed by atoms with van der Waals surface area (Å²) in [5.74, 6) is 0. The summed E-state index contributed by atoms with van der Waals surface area (Å²) < 4.78 is 0. The molecule has 0 aliphatic rings. The lowest BCUT2D eigenvalue weighted by atomic mass is 10.1. The number of rotatable bonds is 2. The minimum atomic E-state index is 0.597. The van der Waals surface area contributed by atoms with Crippen molar-refractivity contribution < 1.29 is 0 Å². The van der Waals surface area contributed by atoms with E-state index in [1.54, 1.807) is 24.8 Å². The first-order chi connectivity index (χ1) is 7.90. The molecule has 0 radical (unpaired) electrons. The van der Waals surface area contributed by atoms with Gasteiger partial charge in [-0.15, -0.1) is 0 Å². The van der Waals surface area contributed by atoms with Gasteiger partial charge in [-0.1, -0.05) is 6.07 Å². The zero-order valence-corrected chi connectivity index (χ0v) is 8.54. The fourth-order valence-electron chi connectivity index (χ4n) is 1.33. The van der Waals surface area contributed by atoms with Crippen molar-refractivity contribution in [1.82, 2.24) is 9.97 Å². The molecule has 0 bridgehead atoms. The topological polar surface area (TPSA) is 49.6 Å². The molecular weight excluding hydrogens is 198 g/mol. The maximum absolute atomic E-state index is 9.08. The van der Waals surface area contributed by atoms with Crippen LogP contribution in [0.4, 0.5) is 0 Å². The SMILES string of the molecule is N#C/C(=C\c1ccncc1)c1cccnc1. The highest BCUT2D eigenvalue weighted by atomic mass is 14.6. The Morgan fingerprint density at radius 3 is 2.56 bits per heavy atom. The molecule has 2 rings (SSSR count).